The fraction of sp³-hybridized carbons (Fsp3) is 0.182. The molecule has 0 atom stereocenters. The Morgan fingerprint density at radius 3 is 3.05 bits per heavy atom. The summed E-state index contributed by atoms with van der Waals surface area (Å²) in [6.07, 6.45) is 1.71. The number of hydrogen-bond donors (Lipinski definition) is 2. The Morgan fingerprint density at radius 1 is 1.47 bits per heavy atom. The van der Waals surface area contributed by atoms with Gasteiger partial charge in [0.2, 0.25) is 5.95 Å². The van der Waals surface area contributed by atoms with E-state index >= 15 is 0 Å². The van der Waals surface area contributed by atoms with Gasteiger partial charge in [0, 0.05) is 21.8 Å². The number of hydrogen-bond acceptors (Lipinski definition) is 6. The lowest BCUT2D eigenvalue weighted by molar-refractivity contribution is 0.917. The highest BCUT2D eigenvalue weighted by Gasteiger charge is 2.13. The first-order valence-corrected chi connectivity index (χ1v) is 7.21. The van der Waals surface area contributed by atoms with E-state index < -0.39 is 0 Å². The molecule has 0 aliphatic rings. The molecule has 3 aromatic heterocycles. The van der Waals surface area contributed by atoms with E-state index in [1.807, 2.05) is 11.9 Å². The summed E-state index contributed by atoms with van der Waals surface area (Å²) in [4.78, 5) is 11.7. The minimum atomic E-state index is 0.242. The fourth-order valence-electron chi connectivity index (χ4n) is 1.87. The van der Waals surface area contributed by atoms with Crippen LogP contribution in [0.3, 0.4) is 0 Å². The van der Waals surface area contributed by atoms with Gasteiger partial charge in [-0.3, -0.25) is 5.10 Å². The smallest absolute Gasteiger partial charge is 0.224 e. The second-order valence-electron chi connectivity index (χ2n) is 4.12. The van der Waals surface area contributed by atoms with Crippen molar-refractivity contribution in [1.29, 1.82) is 0 Å². The molecule has 0 fully saturated rings. The quantitative estimate of drug-likeness (QED) is 0.766. The minimum Gasteiger partial charge on any atom is -0.368 e. The van der Waals surface area contributed by atoms with E-state index in [2.05, 4.69) is 47.5 Å². The summed E-state index contributed by atoms with van der Waals surface area (Å²) in [5, 5.41) is 9.72. The Balaban J connectivity index is 1.96. The zero-order valence-electron chi connectivity index (χ0n) is 10.1. The van der Waals surface area contributed by atoms with Gasteiger partial charge in [-0.05, 0) is 22.0 Å². The lowest BCUT2D eigenvalue weighted by Crippen LogP contribution is -2.18. The molecule has 0 amide bonds. The molecule has 3 heterocycles. The van der Waals surface area contributed by atoms with Crippen molar-refractivity contribution in [1.82, 2.24) is 20.2 Å². The molecular formula is C11H11BrN6S. The zero-order valence-corrected chi connectivity index (χ0v) is 12.5. The van der Waals surface area contributed by atoms with Gasteiger partial charge < -0.3 is 10.6 Å². The standard InChI is InChI=1S/C11H11BrN6S/c1-18(4-7-2-6(12)5-19-7)10-8-3-14-17-9(8)15-11(13)16-10/h2-3,5H,4H2,1H3,(H3,13,14,15,16,17). The monoisotopic (exact) mass is 338 g/mol. The molecule has 0 aliphatic carbocycles. The molecule has 0 bridgehead atoms. The van der Waals surface area contributed by atoms with E-state index in [1.54, 1.807) is 17.5 Å². The molecule has 0 spiro atoms. The van der Waals surface area contributed by atoms with E-state index in [0.717, 1.165) is 22.2 Å². The van der Waals surface area contributed by atoms with Crippen molar-refractivity contribution in [2.75, 3.05) is 17.7 Å². The summed E-state index contributed by atoms with van der Waals surface area (Å²) in [5.74, 6) is 1.02. The molecular weight excluding hydrogens is 328 g/mol. The van der Waals surface area contributed by atoms with E-state index in [-0.39, 0.29) is 5.95 Å². The van der Waals surface area contributed by atoms with Crippen molar-refractivity contribution in [3.8, 4) is 0 Å². The highest BCUT2D eigenvalue weighted by atomic mass is 79.9. The Morgan fingerprint density at radius 2 is 2.32 bits per heavy atom. The van der Waals surface area contributed by atoms with Crippen LogP contribution in [0.15, 0.2) is 22.1 Å². The Labute approximate surface area is 121 Å². The maximum absolute atomic E-state index is 5.72. The number of halogens is 1. The van der Waals surface area contributed by atoms with Gasteiger partial charge in [0.1, 0.15) is 5.82 Å². The number of nitrogens with two attached hydrogens (primary N) is 1. The Hall–Kier alpha value is -1.67. The molecule has 98 valence electrons. The van der Waals surface area contributed by atoms with Gasteiger partial charge in [0.05, 0.1) is 18.1 Å². The minimum absolute atomic E-state index is 0.242. The first-order chi connectivity index (χ1) is 9.13. The highest BCUT2D eigenvalue weighted by molar-refractivity contribution is 9.10. The van der Waals surface area contributed by atoms with Crippen LogP contribution in [0, 0.1) is 0 Å². The lowest BCUT2D eigenvalue weighted by atomic mass is 10.3. The number of aromatic amines is 1. The summed E-state index contributed by atoms with van der Waals surface area (Å²) in [6.45, 7) is 0.757. The molecule has 0 unspecified atom stereocenters. The van der Waals surface area contributed by atoms with Crippen LogP contribution >= 0.6 is 27.3 Å². The number of rotatable bonds is 3. The normalized spacial score (nSPS) is 11.1. The summed E-state index contributed by atoms with van der Waals surface area (Å²) in [7, 11) is 1.97. The number of thiophene rings is 1. The van der Waals surface area contributed by atoms with Gasteiger partial charge >= 0.3 is 0 Å². The van der Waals surface area contributed by atoms with Crippen molar-refractivity contribution in [3.63, 3.8) is 0 Å². The van der Waals surface area contributed by atoms with Crippen LogP contribution < -0.4 is 10.6 Å². The topological polar surface area (TPSA) is 83.7 Å². The van der Waals surface area contributed by atoms with Gasteiger partial charge in [-0.2, -0.15) is 15.1 Å². The third kappa shape index (κ3) is 2.41. The van der Waals surface area contributed by atoms with Crippen LogP contribution in [0.25, 0.3) is 11.0 Å². The van der Waals surface area contributed by atoms with Gasteiger partial charge in [-0.25, -0.2) is 0 Å². The van der Waals surface area contributed by atoms with Crippen LogP contribution in [-0.2, 0) is 6.54 Å². The molecule has 8 heteroatoms. The molecule has 3 rings (SSSR count). The number of anilines is 2. The van der Waals surface area contributed by atoms with Crippen LogP contribution in [-0.4, -0.2) is 27.2 Å². The maximum Gasteiger partial charge on any atom is 0.224 e. The lowest BCUT2D eigenvalue weighted by Gasteiger charge is -2.17. The second-order valence-corrected chi connectivity index (χ2v) is 6.04. The molecule has 3 N–H and O–H groups in total. The number of nitrogen functional groups attached to an aromatic ring is 1. The third-order valence-corrected chi connectivity index (χ3v) is 4.37. The molecule has 0 radical (unpaired) electrons. The second kappa shape index (κ2) is 4.78. The van der Waals surface area contributed by atoms with E-state index in [0.29, 0.717) is 5.65 Å². The molecule has 0 aliphatic heterocycles. The fourth-order valence-corrected chi connectivity index (χ4v) is 3.38. The molecule has 0 saturated heterocycles. The Kier molecular flexibility index (Phi) is 3.11. The molecule has 0 aromatic carbocycles. The third-order valence-electron chi connectivity index (χ3n) is 2.68. The van der Waals surface area contributed by atoms with Gasteiger partial charge in [0.15, 0.2) is 5.65 Å². The van der Waals surface area contributed by atoms with E-state index in [4.69, 9.17) is 5.73 Å². The first kappa shape index (κ1) is 12.4. The largest absolute Gasteiger partial charge is 0.368 e. The number of nitrogens with zero attached hydrogens (tertiary/aromatic N) is 4. The van der Waals surface area contributed by atoms with Crippen LogP contribution in [0.2, 0.25) is 0 Å². The van der Waals surface area contributed by atoms with Crippen LogP contribution in [0.4, 0.5) is 11.8 Å². The average Bonchev–Trinajstić information content (AvgIpc) is 2.96. The van der Waals surface area contributed by atoms with Gasteiger partial charge in [-0.15, -0.1) is 11.3 Å². The van der Waals surface area contributed by atoms with Gasteiger partial charge in [0.25, 0.3) is 0 Å². The van der Waals surface area contributed by atoms with E-state index in [9.17, 15) is 0 Å². The van der Waals surface area contributed by atoms with Crippen molar-refractivity contribution >= 4 is 50.1 Å². The molecule has 6 nitrogen and oxygen atoms in total. The average molecular weight is 339 g/mol. The molecule has 0 saturated carbocycles. The summed E-state index contributed by atoms with van der Waals surface area (Å²) in [5.41, 5.74) is 6.37. The van der Waals surface area contributed by atoms with Crippen molar-refractivity contribution in [2.45, 2.75) is 6.54 Å². The summed E-state index contributed by atoms with van der Waals surface area (Å²) < 4.78 is 1.09. The summed E-state index contributed by atoms with van der Waals surface area (Å²) >= 11 is 5.15. The summed E-state index contributed by atoms with van der Waals surface area (Å²) in [6, 6.07) is 2.10. The number of fused-ring (bicyclic) bond motifs is 1. The number of H-pyrrole nitrogens is 1. The predicted octanol–water partition coefficient (Wildman–Crippen LogP) is 2.40. The predicted molar refractivity (Wildman–Crippen MR) is 80.2 cm³/mol. The first-order valence-electron chi connectivity index (χ1n) is 5.54. The van der Waals surface area contributed by atoms with E-state index in [1.165, 1.54) is 4.88 Å². The van der Waals surface area contributed by atoms with Gasteiger partial charge in [-0.1, -0.05) is 0 Å². The SMILES string of the molecule is CN(Cc1cc(Br)cs1)c1nc(N)nc2[nH]ncc12. The van der Waals surface area contributed by atoms with Crippen molar-refractivity contribution in [3.05, 3.63) is 27.0 Å². The molecule has 19 heavy (non-hydrogen) atoms. The zero-order chi connectivity index (χ0) is 13.4. The van der Waals surface area contributed by atoms with Crippen LogP contribution in [0.1, 0.15) is 4.88 Å². The van der Waals surface area contributed by atoms with Crippen molar-refractivity contribution < 1.29 is 0 Å². The number of aromatic nitrogens is 4. The molecule has 3 aromatic rings. The highest BCUT2D eigenvalue weighted by Crippen LogP contribution is 2.26. The van der Waals surface area contributed by atoms with Crippen LogP contribution in [0.5, 0.6) is 0 Å². The number of nitrogens with one attached hydrogen (secondary N) is 1. The Bertz CT molecular complexity index is 721. The van der Waals surface area contributed by atoms with Crippen molar-refractivity contribution in [2.24, 2.45) is 0 Å². The maximum atomic E-state index is 5.72.